The molecule has 25 heavy (non-hydrogen) atoms. The Morgan fingerprint density at radius 2 is 1.72 bits per heavy atom. The van der Waals surface area contributed by atoms with Crippen molar-refractivity contribution in [2.45, 2.75) is 52.1 Å². The summed E-state index contributed by atoms with van der Waals surface area (Å²) in [5.41, 5.74) is 1.18. The third-order valence-corrected chi connectivity index (χ3v) is 3.91. The van der Waals surface area contributed by atoms with Crippen LogP contribution in [0, 0.1) is 5.92 Å². The molecule has 1 aromatic rings. The molecule has 0 unspecified atom stereocenters. The number of benzene rings is 1. The van der Waals surface area contributed by atoms with Crippen molar-refractivity contribution in [2.24, 2.45) is 5.92 Å². The van der Waals surface area contributed by atoms with Gasteiger partial charge < -0.3 is 15.4 Å². The van der Waals surface area contributed by atoms with E-state index in [2.05, 4.69) is 10.6 Å². The number of ether oxygens (including phenoxy) is 1. The van der Waals surface area contributed by atoms with E-state index >= 15 is 0 Å². The Labute approximate surface area is 149 Å². The van der Waals surface area contributed by atoms with Crippen LogP contribution in [0.4, 0.5) is 0 Å². The molecule has 0 saturated heterocycles. The van der Waals surface area contributed by atoms with E-state index in [4.69, 9.17) is 4.74 Å². The molecule has 0 aliphatic carbocycles. The van der Waals surface area contributed by atoms with E-state index in [1.165, 1.54) is 19.6 Å². The van der Waals surface area contributed by atoms with Crippen LogP contribution in [0.15, 0.2) is 30.3 Å². The number of aryl methyl sites for hydroxylation is 1. The lowest BCUT2D eigenvalue weighted by atomic mass is 10.0. The average molecular weight is 348 g/mol. The minimum Gasteiger partial charge on any atom is -0.467 e. The lowest BCUT2D eigenvalue weighted by Gasteiger charge is -2.24. The van der Waals surface area contributed by atoms with Crippen LogP contribution in [0.5, 0.6) is 0 Å². The fourth-order valence-corrected chi connectivity index (χ4v) is 2.56. The molecule has 2 atom stereocenters. The molecule has 0 aromatic heterocycles. The molecule has 0 saturated carbocycles. The molecule has 2 amide bonds. The van der Waals surface area contributed by atoms with E-state index < -0.39 is 18.1 Å². The summed E-state index contributed by atoms with van der Waals surface area (Å²) in [7, 11) is 1.30. The van der Waals surface area contributed by atoms with Crippen LogP contribution in [0.2, 0.25) is 0 Å². The van der Waals surface area contributed by atoms with Gasteiger partial charge in [-0.25, -0.2) is 4.79 Å². The number of carbonyl (C=O) groups excluding carboxylic acids is 3. The summed E-state index contributed by atoms with van der Waals surface area (Å²) < 4.78 is 4.80. The van der Waals surface area contributed by atoms with Gasteiger partial charge in [-0.2, -0.15) is 0 Å². The predicted molar refractivity (Wildman–Crippen MR) is 95.8 cm³/mol. The maximum absolute atomic E-state index is 12.5. The first-order valence-corrected chi connectivity index (χ1v) is 8.54. The van der Waals surface area contributed by atoms with Gasteiger partial charge in [-0.15, -0.1) is 0 Å². The minimum atomic E-state index is -0.726. The van der Waals surface area contributed by atoms with Crippen molar-refractivity contribution < 1.29 is 19.1 Å². The Bertz CT molecular complexity index is 572. The first kappa shape index (κ1) is 20.7. The zero-order valence-electron chi connectivity index (χ0n) is 15.4. The van der Waals surface area contributed by atoms with Crippen molar-refractivity contribution in [1.29, 1.82) is 0 Å². The Morgan fingerprint density at radius 3 is 2.24 bits per heavy atom. The third-order valence-electron chi connectivity index (χ3n) is 3.91. The summed E-state index contributed by atoms with van der Waals surface area (Å²) >= 11 is 0. The molecule has 0 bridgehead atoms. The summed E-state index contributed by atoms with van der Waals surface area (Å²) in [4.78, 5) is 35.7. The molecule has 6 nitrogen and oxygen atoms in total. The van der Waals surface area contributed by atoms with Gasteiger partial charge in [-0.05, 0) is 30.7 Å². The fraction of sp³-hybridized carbons (Fsp3) is 0.526. The molecular formula is C19H28N2O4. The maximum Gasteiger partial charge on any atom is 0.328 e. The van der Waals surface area contributed by atoms with Gasteiger partial charge in [0.2, 0.25) is 11.8 Å². The second-order valence-corrected chi connectivity index (χ2v) is 6.38. The van der Waals surface area contributed by atoms with E-state index in [0.717, 1.165) is 12.8 Å². The molecule has 0 aliphatic rings. The van der Waals surface area contributed by atoms with Crippen molar-refractivity contribution in [3.8, 4) is 0 Å². The van der Waals surface area contributed by atoms with Crippen LogP contribution in [0.1, 0.15) is 39.2 Å². The van der Waals surface area contributed by atoms with Crippen LogP contribution < -0.4 is 10.6 Å². The minimum absolute atomic E-state index is 0.0912. The molecule has 1 aromatic carbocycles. The lowest BCUT2D eigenvalue weighted by molar-refractivity contribution is -0.145. The van der Waals surface area contributed by atoms with E-state index in [1.807, 2.05) is 44.2 Å². The monoisotopic (exact) mass is 348 g/mol. The van der Waals surface area contributed by atoms with Gasteiger partial charge in [-0.1, -0.05) is 44.2 Å². The quantitative estimate of drug-likeness (QED) is 0.667. The third kappa shape index (κ3) is 7.37. The van der Waals surface area contributed by atoms with Gasteiger partial charge >= 0.3 is 5.97 Å². The number of hydrogen-bond acceptors (Lipinski definition) is 4. The largest absolute Gasteiger partial charge is 0.467 e. The van der Waals surface area contributed by atoms with Crippen molar-refractivity contribution in [2.75, 3.05) is 7.11 Å². The Kier molecular flexibility index (Phi) is 8.67. The molecule has 0 heterocycles. The predicted octanol–water partition coefficient (Wildman–Crippen LogP) is 1.83. The van der Waals surface area contributed by atoms with Crippen molar-refractivity contribution in [3.63, 3.8) is 0 Å². The number of methoxy groups -OCH3 is 1. The first-order valence-electron chi connectivity index (χ1n) is 8.54. The Hall–Kier alpha value is -2.37. The number of rotatable bonds is 9. The molecule has 6 heteroatoms. The van der Waals surface area contributed by atoms with E-state index in [1.54, 1.807) is 0 Å². The van der Waals surface area contributed by atoms with Gasteiger partial charge in [0.1, 0.15) is 12.1 Å². The highest BCUT2D eigenvalue weighted by molar-refractivity contribution is 5.90. The van der Waals surface area contributed by atoms with E-state index in [-0.39, 0.29) is 17.7 Å². The smallest absolute Gasteiger partial charge is 0.328 e. The molecule has 2 N–H and O–H groups in total. The second-order valence-electron chi connectivity index (χ2n) is 6.38. The van der Waals surface area contributed by atoms with Crippen molar-refractivity contribution in [3.05, 3.63) is 35.9 Å². The van der Waals surface area contributed by atoms with Crippen LogP contribution in [-0.2, 0) is 25.5 Å². The number of carbonyl (C=O) groups is 3. The van der Waals surface area contributed by atoms with Crippen molar-refractivity contribution >= 4 is 17.8 Å². The van der Waals surface area contributed by atoms with Gasteiger partial charge in [-0.3, -0.25) is 9.59 Å². The lowest BCUT2D eigenvalue weighted by Crippen LogP contribution is -2.53. The van der Waals surface area contributed by atoms with Gasteiger partial charge in [0, 0.05) is 6.92 Å². The molecule has 1 rings (SSSR count). The van der Waals surface area contributed by atoms with Crippen molar-refractivity contribution in [1.82, 2.24) is 10.6 Å². The van der Waals surface area contributed by atoms with Gasteiger partial charge in [0.05, 0.1) is 7.11 Å². The topological polar surface area (TPSA) is 84.5 Å². The highest BCUT2D eigenvalue weighted by Crippen LogP contribution is 2.09. The van der Waals surface area contributed by atoms with Crippen LogP contribution in [0.25, 0.3) is 0 Å². The van der Waals surface area contributed by atoms with Gasteiger partial charge in [0.15, 0.2) is 0 Å². The zero-order valence-corrected chi connectivity index (χ0v) is 15.4. The Morgan fingerprint density at radius 1 is 1.08 bits per heavy atom. The highest BCUT2D eigenvalue weighted by atomic mass is 16.5. The highest BCUT2D eigenvalue weighted by Gasteiger charge is 2.28. The number of hydrogen-bond donors (Lipinski definition) is 2. The summed E-state index contributed by atoms with van der Waals surface area (Å²) in [6.45, 7) is 5.03. The number of nitrogens with one attached hydrogen (secondary N) is 2. The molecular weight excluding hydrogens is 320 g/mol. The fourth-order valence-electron chi connectivity index (χ4n) is 2.56. The summed E-state index contributed by atoms with van der Waals surface area (Å²) in [6, 6.07) is 8.53. The molecule has 0 spiro atoms. The molecule has 138 valence electrons. The number of amides is 2. The van der Waals surface area contributed by atoms with Crippen LogP contribution >= 0.6 is 0 Å². The summed E-state index contributed by atoms with van der Waals surface area (Å²) in [5.74, 6) is -1.23. The molecule has 0 fully saturated rings. The Balaban J connectivity index is 2.66. The van der Waals surface area contributed by atoms with E-state index in [0.29, 0.717) is 6.42 Å². The van der Waals surface area contributed by atoms with Crippen LogP contribution in [0.3, 0.4) is 0 Å². The average Bonchev–Trinajstić information content (AvgIpc) is 2.58. The second kappa shape index (κ2) is 10.5. The number of esters is 1. The molecule has 0 aliphatic heterocycles. The van der Waals surface area contributed by atoms with Gasteiger partial charge in [0.25, 0.3) is 0 Å². The zero-order chi connectivity index (χ0) is 18.8. The van der Waals surface area contributed by atoms with Crippen LogP contribution in [-0.4, -0.2) is 37.0 Å². The normalized spacial score (nSPS) is 13.0. The summed E-state index contributed by atoms with van der Waals surface area (Å²) in [5, 5.41) is 5.33. The standard InChI is InChI=1S/C19H28N2O4/c1-13(2)17(20-14(3)22)18(23)21-16(19(24)25-4)12-8-11-15-9-6-5-7-10-15/h5-7,9-10,13,16-17H,8,11-12H2,1-4H3,(H,20,22)(H,21,23)/t16-,17-/m1/s1. The molecule has 0 radical (unpaired) electrons. The first-order chi connectivity index (χ1) is 11.8. The summed E-state index contributed by atoms with van der Waals surface area (Å²) in [6.07, 6.45) is 2.01. The SMILES string of the molecule is COC(=O)[C@@H](CCCc1ccccc1)NC(=O)[C@H](NC(C)=O)C(C)C. The van der Waals surface area contributed by atoms with E-state index in [9.17, 15) is 14.4 Å². The maximum atomic E-state index is 12.5.